The van der Waals surface area contributed by atoms with Crippen molar-refractivity contribution in [1.29, 1.82) is 0 Å². The molecule has 0 atom stereocenters. The number of nitrogens with one attached hydrogen (secondary N) is 1. The van der Waals surface area contributed by atoms with Crippen LogP contribution < -0.4 is 5.32 Å². The Labute approximate surface area is 118 Å². The molecule has 1 aromatic carbocycles. The highest BCUT2D eigenvalue weighted by atomic mass is 79.9. The lowest BCUT2D eigenvalue weighted by Crippen LogP contribution is -2.35. The van der Waals surface area contributed by atoms with Crippen molar-refractivity contribution >= 4 is 21.6 Å². The molecule has 0 saturated carbocycles. The van der Waals surface area contributed by atoms with Crippen molar-refractivity contribution in [3.8, 4) is 5.69 Å². The molecule has 0 amide bonds. The van der Waals surface area contributed by atoms with E-state index in [9.17, 15) is 8.78 Å². The second kappa shape index (κ2) is 3.82. The minimum atomic E-state index is -0.604. The van der Waals surface area contributed by atoms with E-state index < -0.39 is 11.6 Å². The fraction of sp³-hybridized carbons (Fsp3) is 0.286. The molecule has 1 N–H and O–H groups in total. The van der Waals surface area contributed by atoms with Gasteiger partial charge in [-0.2, -0.15) is 0 Å². The van der Waals surface area contributed by atoms with Gasteiger partial charge in [0.05, 0.1) is 15.7 Å². The Morgan fingerprint density at radius 3 is 2.63 bits per heavy atom. The number of hydrogen-bond acceptors (Lipinski definition) is 1. The van der Waals surface area contributed by atoms with E-state index in [0.717, 1.165) is 11.4 Å². The molecule has 1 aliphatic heterocycles. The minimum absolute atomic E-state index is 0.133. The molecule has 1 aliphatic rings. The van der Waals surface area contributed by atoms with Crippen molar-refractivity contribution in [3.05, 3.63) is 45.7 Å². The van der Waals surface area contributed by atoms with E-state index in [2.05, 4.69) is 21.2 Å². The summed E-state index contributed by atoms with van der Waals surface area (Å²) in [5, 5.41) is 3.19. The number of aromatic nitrogens is 1. The fourth-order valence-corrected chi connectivity index (χ4v) is 2.93. The van der Waals surface area contributed by atoms with Crippen LogP contribution in [0.3, 0.4) is 0 Å². The lowest BCUT2D eigenvalue weighted by Gasteiger charge is -2.36. The summed E-state index contributed by atoms with van der Waals surface area (Å²) in [6, 6.07) is 5.22. The van der Waals surface area contributed by atoms with Crippen LogP contribution in [-0.4, -0.2) is 4.57 Å². The largest absolute Gasteiger partial charge is 0.373 e. The van der Waals surface area contributed by atoms with Crippen LogP contribution >= 0.6 is 15.9 Å². The molecule has 100 valence electrons. The number of aryl methyl sites for hydroxylation is 1. The zero-order chi connectivity index (χ0) is 13.9. The monoisotopic (exact) mass is 326 g/mol. The first kappa shape index (κ1) is 12.7. The highest BCUT2D eigenvalue weighted by Gasteiger charge is 2.34. The molecule has 0 bridgehead atoms. The van der Waals surface area contributed by atoms with Crippen molar-refractivity contribution in [2.24, 2.45) is 0 Å². The molecule has 2 aromatic rings. The van der Waals surface area contributed by atoms with Crippen molar-refractivity contribution in [3.63, 3.8) is 0 Å². The van der Waals surface area contributed by atoms with Gasteiger partial charge in [0, 0.05) is 17.5 Å². The summed E-state index contributed by atoms with van der Waals surface area (Å²) in [6.45, 7) is 5.88. The van der Waals surface area contributed by atoms with Crippen LogP contribution in [0.4, 0.5) is 14.5 Å². The number of nitrogens with zero attached hydrogens (tertiary/aromatic N) is 1. The van der Waals surface area contributed by atoms with Crippen LogP contribution in [0.15, 0.2) is 22.7 Å². The van der Waals surface area contributed by atoms with Gasteiger partial charge in [-0.25, -0.2) is 8.78 Å². The van der Waals surface area contributed by atoms with Crippen LogP contribution in [0, 0.1) is 18.6 Å². The molecule has 2 nitrogen and oxygen atoms in total. The first-order valence-electron chi connectivity index (χ1n) is 5.98. The molecule has 0 radical (unpaired) electrons. The molecule has 0 fully saturated rings. The summed E-state index contributed by atoms with van der Waals surface area (Å²) in [6.07, 6.45) is 0. The molecule has 5 heteroatoms. The van der Waals surface area contributed by atoms with Gasteiger partial charge in [-0.1, -0.05) is 0 Å². The second-order valence-corrected chi connectivity index (χ2v) is 6.12. The predicted octanol–water partition coefficient (Wildman–Crippen LogP) is 4.49. The van der Waals surface area contributed by atoms with Gasteiger partial charge in [-0.05, 0) is 48.8 Å². The fourth-order valence-electron chi connectivity index (χ4n) is 2.62. The SMILES string of the molecule is Cc1ccc2n1-c1c(cc(F)c(Br)c1F)NC2(C)C. The summed E-state index contributed by atoms with van der Waals surface area (Å²) < 4.78 is 29.8. The maximum Gasteiger partial charge on any atom is 0.166 e. The molecular weight excluding hydrogens is 314 g/mol. The standard InChI is InChI=1S/C14H13BrF2N2/c1-7-4-5-10-14(2,3)18-9-6-8(16)11(15)12(17)13(9)19(7)10/h4-6,18H,1-3H3. The van der Waals surface area contributed by atoms with E-state index in [4.69, 9.17) is 0 Å². The third-order valence-electron chi connectivity index (χ3n) is 3.52. The Morgan fingerprint density at radius 1 is 1.26 bits per heavy atom. The molecule has 0 spiro atoms. The Kier molecular flexibility index (Phi) is 2.55. The van der Waals surface area contributed by atoms with Gasteiger partial charge in [0.15, 0.2) is 5.82 Å². The van der Waals surface area contributed by atoms with Gasteiger partial charge in [-0.15, -0.1) is 0 Å². The topological polar surface area (TPSA) is 17.0 Å². The zero-order valence-corrected chi connectivity index (χ0v) is 12.4. The number of benzene rings is 1. The number of fused-ring (bicyclic) bond motifs is 3. The molecule has 0 saturated heterocycles. The van der Waals surface area contributed by atoms with Crippen molar-refractivity contribution in [1.82, 2.24) is 4.57 Å². The molecular formula is C14H13BrF2N2. The van der Waals surface area contributed by atoms with Crippen LogP contribution in [0.2, 0.25) is 0 Å². The Hall–Kier alpha value is -1.36. The molecule has 1 aromatic heterocycles. The lowest BCUT2D eigenvalue weighted by atomic mass is 9.96. The van der Waals surface area contributed by atoms with E-state index in [1.54, 1.807) is 0 Å². The van der Waals surface area contributed by atoms with Gasteiger partial charge in [0.1, 0.15) is 11.5 Å². The molecule has 2 heterocycles. The molecule has 3 rings (SSSR count). The van der Waals surface area contributed by atoms with Gasteiger partial charge in [0.2, 0.25) is 0 Å². The second-order valence-electron chi connectivity index (χ2n) is 5.33. The van der Waals surface area contributed by atoms with E-state index in [-0.39, 0.29) is 10.0 Å². The smallest absolute Gasteiger partial charge is 0.166 e. The maximum atomic E-state index is 14.4. The van der Waals surface area contributed by atoms with Crippen LogP contribution in [-0.2, 0) is 5.54 Å². The summed E-state index contributed by atoms with van der Waals surface area (Å²) in [4.78, 5) is 0. The van der Waals surface area contributed by atoms with E-state index >= 15 is 0 Å². The highest BCUT2D eigenvalue weighted by Crippen LogP contribution is 2.42. The number of halogens is 3. The van der Waals surface area contributed by atoms with E-state index in [1.807, 2.05) is 37.5 Å². The zero-order valence-electron chi connectivity index (χ0n) is 10.8. The van der Waals surface area contributed by atoms with E-state index in [1.165, 1.54) is 6.07 Å². The summed E-state index contributed by atoms with van der Waals surface area (Å²) in [5.74, 6) is -1.19. The number of anilines is 1. The van der Waals surface area contributed by atoms with Gasteiger partial charge >= 0.3 is 0 Å². The summed E-state index contributed by atoms with van der Waals surface area (Å²) >= 11 is 2.96. The van der Waals surface area contributed by atoms with Crippen LogP contribution in [0.1, 0.15) is 25.2 Å². The Bertz CT molecular complexity index is 689. The van der Waals surface area contributed by atoms with Crippen molar-refractivity contribution in [2.45, 2.75) is 26.3 Å². The third kappa shape index (κ3) is 1.64. The maximum absolute atomic E-state index is 14.4. The third-order valence-corrected chi connectivity index (χ3v) is 4.25. The number of hydrogen-bond donors (Lipinski definition) is 1. The average molecular weight is 327 g/mol. The summed E-state index contributed by atoms with van der Waals surface area (Å²) in [5.41, 5.74) is 2.33. The van der Waals surface area contributed by atoms with Crippen molar-refractivity contribution < 1.29 is 8.78 Å². The average Bonchev–Trinajstić information content (AvgIpc) is 2.69. The first-order valence-corrected chi connectivity index (χ1v) is 6.77. The first-order chi connectivity index (χ1) is 8.83. The Balaban J connectivity index is 2.42. The normalized spacial score (nSPS) is 15.7. The lowest BCUT2D eigenvalue weighted by molar-refractivity contribution is 0.525. The van der Waals surface area contributed by atoms with Crippen LogP contribution in [0.5, 0.6) is 0 Å². The van der Waals surface area contributed by atoms with Crippen molar-refractivity contribution in [2.75, 3.05) is 5.32 Å². The predicted molar refractivity (Wildman–Crippen MR) is 74.8 cm³/mol. The van der Waals surface area contributed by atoms with Gasteiger partial charge < -0.3 is 9.88 Å². The Morgan fingerprint density at radius 2 is 1.95 bits per heavy atom. The van der Waals surface area contributed by atoms with Gasteiger partial charge in [0.25, 0.3) is 0 Å². The number of rotatable bonds is 0. The highest BCUT2D eigenvalue weighted by molar-refractivity contribution is 9.10. The molecule has 19 heavy (non-hydrogen) atoms. The van der Waals surface area contributed by atoms with Crippen LogP contribution in [0.25, 0.3) is 5.69 Å². The summed E-state index contributed by atoms with van der Waals surface area (Å²) in [7, 11) is 0. The molecule has 0 aliphatic carbocycles. The minimum Gasteiger partial charge on any atom is -0.373 e. The quantitative estimate of drug-likeness (QED) is 0.706. The van der Waals surface area contributed by atoms with E-state index in [0.29, 0.717) is 11.4 Å². The molecule has 0 unspecified atom stereocenters. The van der Waals surface area contributed by atoms with Gasteiger partial charge in [-0.3, -0.25) is 0 Å².